The number of nitrogen functional groups attached to an aromatic ring is 1. The van der Waals surface area contributed by atoms with Gasteiger partial charge in [-0.2, -0.15) is 4.31 Å². The maximum Gasteiger partial charge on any atom is 0.481 e. The number of ether oxygens (including phenoxy) is 1. The number of nitrogens with two attached hydrogens (primary N) is 1. The van der Waals surface area contributed by atoms with Crippen molar-refractivity contribution >= 4 is 69.1 Å². The first kappa shape index (κ1) is 48.7. The topological polar surface area (TPSA) is 364 Å². The number of allylic oxidation sites excluding steroid dienone is 2. The van der Waals surface area contributed by atoms with E-state index in [9.17, 15) is 57.9 Å². The third kappa shape index (κ3) is 14.8. The van der Waals surface area contributed by atoms with Crippen LogP contribution in [-0.4, -0.2) is 123 Å². The van der Waals surface area contributed by atoms with Gasteiger partial charge in [0.1, 0.15) is 36.3 Å². The average molecular weight is 892 g/mol. The molecule has 2 aromatic heterocycles. The van der Waals surface area contributed by atoms with E-state index in [0.717, 1.165) is 41.8 Å². The number of thioether (sulfide) groups is 1. The molecule has 0 bridgehead atoms. The summed E-state index contributed by atoms with van der Waals surface area (Å²) in [5, 5.41) is 26.4. The summed E-state index contributed by atoms with van der Waals surface area (Å²) in [5.74, 6) is -1.29. The van der Waals surface area contributed by atoms with Gasteiger partial charge in [0, 0.05) is 36.6 Å². The average Bonchev–Trinajstić information content (AvgIpc) is 3.67. The summed E-state index contributed by atoms with van der Waals surface area (Å²) in [4.78, 5) is 88.1. The summed E-state index contributed by atoms with van der Waals surface area (Å²) in [6.45, 7) is 4.32. The Kier molecular flexibility index (Phi) is 17.9. The SMILES string of the molecule is C/C=C/C(CCC)C(=O)SCCNC(=O)CCNC(=O)C(O)C(C)(C)COP(=O)(O)OP(=O)(O)OCC1OC(n2cnc3c(N)ncnc32)C(O)C1OP(=O)(O)O. The number of hydrogen-bond donors (Lipinski definition) is 9. The third-order valence-corrected chi connectivity index (χ3v) is 12.2. The summed E-state index contributed by atoms with van der Waals surface area (Å²) < 4.78 is 62.2. The van der Waals surface area contributed by atoms with Crippen molar-refractivity contribution < 1.29 is 80.5 Å². The van der Waals surface area contributed by atoms with Gasteiger partial charge in [-0.15, -0.1) is 0 Å². The zero-order valence-corrected chi connectivity index (χ0v) is 34.7. The quantitative estimate of drug-likeness (QED) is 0.0420. The van der Waals surface area contributed by atoms with Gasteiger partial charge < -0.3 is 50.9 Å². The van der Waals surface area contributed by atoms with Crippen molar-refractivity contribution in [3.05, 3.63) is 24.8 Å². The van der Waals surface area contributed by atoms with Gasteiger partial charge in [-0.25, -0.2) is 28.6 Å². The molecule has 0 aromatic carbocycles. The van der Waals surface area contributed by atoms with Gasteiger partial charge in [0.15, 0.2) is 22.8 Å². The largest absolute Gasteiger partial charge is 0.481 e. The normalized spacial score (nSPS) is 22.2. The first-order valence-electron chi connectivity index (χ1n) is 17.2. The van der Waals surface area contributed by atoms with Crippen LogP contribution in [0.15, 0.2) is 24.8 Å². The minimum atomic E-state index is -5.57. The Morgan fingerprint density at radius 3 is 2.42 bits per heavy atom. The molecule has 0 aliphatic carbocycles. The van der Waals surface area contributed by atoms with Crippen molar-refractivity contribution in [1.82, 2.24) is 30.2 Å². The Morgan fingerprint density at radius 2 is 1.77 bits per heavy atom. The number of aliphatic hydroxyl groups excluding tert-OH is 2. The summed E-state index contributed by atoms with van der Waals surface area (Å²) >= 11 is 1.11. The van der Waals surface area contributed by atoms with Crippen LogP contribution in [0.2, 0.25) is 0 Å². The van der Waals surface area contributed by atoms with Crippen LogP contribution in [0.5, 0.6) is 0 Å². The van der Waals surface area contributed by atoms with E-state index in [4.69, 9.17) is 19.5 Å². The summed E-state index contributed by atoms with van der Waals surface area (Å²) in [5.41, 5.74) is 4.26. The molecule has 24 nitrogen and oxygen atoms in total. The lowest BCUT2D eigenvalue weighted by Crippen LogP contribution is -2.46. The van der Waals surface area contributed by atoms with E-state index in [1.165, 1.54) is 13.8 Å². The number of nitrogens with zero attached hydrogens (tertiary/aromatic N) is 4. The summed E-state index contributed by atoms with van der Waals surface area (Å²) in [6, 6.07) is 0. The second-order valence-electron chi connectivity index (χ2n) is 13.2. The molecule has 0 saturated carbocycles. The highest BCUT2D eigenvalue weighted by atomic mass is 32.2. The van der Waals surface area contributed by atoms with Crippen LogP contribution in [0, 0.1) is 11.3 Å². The Hall–Kier alpha value is -2.70. The lowest BCUT2D eigenvalue weighted by Gasteiger charge is -2.30. The highest BCUT2D eigenvalue weighted by Crippen LogP contribution is 2.61. The van der Waals surface area contributed by atoms with E-state index >= 15 is 0 Å². The lowest BCUT2D eigenvalue weighted by molar-refractivity contribution is -0.137. The van der Waals surface area contributed by atoms with Gasteiger partial charge in [0.05, 0.1) is 19.5 Å². The van der Waals surface area contributed by atoms with E-state index in [2.05, 4.69) is 34.4 Å². The molecular weight excluding hydrogens is 843 g/mol. The molecule has 1 fully saturated rings. The molecule has 1 aliphatic rings. The van der Waals surface area contributed by atoms with Gasteiger partial charge >= 0.3 is 23.5 Å². The van der Waals surface area contributed by atoms with Gasteiger partial charge in [-0.3, -0.25) is 32.5 Å². The van der Waals surface area contributed by atoms with Crippen molar-refractivity contribution in [3.8, 4) is 0 Å². The number of amides is 2. The van der Waals surface area contributed by atoms with Crippen molar-refractivity contribution in [2.45, 2.75) is 77.6 Å². The molecule has 322 valence electrons. The zero-order chi connectivity index (χ0) is 42.8. The molecule has 2 aromatic rings. The Balaban J connectivity index is 1.48. The molecule has 0 spiro atoms. The fourth-order valence-corrected chi connectivity index (χ4v) is 8.87. The van der Waals surface area contributed by atoms with E-state index in [0.29, 0.717) is 5.75 Å². The first-order chi connectivity index (χ1) is 26.5. The highest BCUT2D eigenvalue weighted by molar-refractivity contribution is 8.13. The molecule has 57 heavy (non-hydrogen) atoms. The van der Waals surface area contributed by atoms with E-state index in [-0.39, 0.29) is 47.5 Å². The van der Waals surface area contributed by atoms with Crippen LogP contribution >= 0.6 is 35.2 Å². The number of rotatable bonds is 23. The number of aliphatic hydroxyl groups is 2. The Labute approximate surface area is 330 Å². The fraction of sp³-hybridized carbons (Fsp3) is 0.655. The number of aromatic nitrogens is 4. The first-order valence-corrected chi connectivity index (χ1v) is 22.7. The van der Waals surface area contributed by atoms with Crippen LogP contribution < -0.4 is 16.4 Å². The molecule has 28 heteroatoms. The maximum absolute atomic E-state index is 12.7. The number of phosphoric ester groups is 3. The molecule has 3 heterocycles. The third-order valence-electron chi connectivity index (χ3n) is 8.07. The highest BCUT2D eigenvalue weighted by Gasteiger charge is 2.50. The number of carbonyl (C=O) groups is 3. The van der Waals surface area contributed by atoms with Crippen LogP contribution in [0.3, 0.4) is 0 Å². The standard InChI is InChI=1S/C29H48N7O17P3S/c1-5-7-17(8-6-2)28(41)57-12-11-31-19(37)9-10-32-26(40)23(39)29(3,4)14-50-56(47,48)53-55(45,46)49-13-18-22(52-54(42,43)44)21(38)27(51-18)36-16-35-20-24(30)33-15-34-25(20)36/h5,7,15-18,21-23,27,38-39H,6,8-14H2,1-4H3,(H,31,37)(H,32,40)(H,45,46)(H,47,48)(H2,30,33,34)(H2,42,43,44)/b7-5+. The Morgan fingerprint density at radius 1 is 1.09 bits per heavy atom. The molecule has 3 rings (SSSR count). The van der Waals surface area contributed by atoms with Gasteiger partial charge in [-0.1, -0.05) is 51.1 Å². The number of imidazole rings is 1. The van der Waals surface area contributed by atoms with Crippen LogP contribution in [0.1, 0.15) is 53.2 Å². The number of hydrogen-bond acceptors (Lipinski definition) is 18. The maximum atomic E-state index is 12.7. The van der Waals surface area contributed by atoms with Crippen molar-refractivity contribution in [3.63, 3.8) is 0 Å². The number of nitrogens with one attached hydrogen (secondary N) is 2. The van der Waals surface area contributed by atoms with E-state index in [1.54, 1.807) is 0 Å². The number of phosphoric acid groups is 3. The summed E-state index contributed by atoms with van der Waals surface area (Å²) in [7, 11) is -16.4. The van der Waals surface area contributed by atoms with Crippen LogP contribution in [0.4, 0.5) is 5.82 Å². The number of fused-ring (bicyclic) bond motifs is 1. The van der Waals surface area contributed by atoms with Gasteiger partial charge in [0.25, 0.3) is 0 Å². The lowest BCUT2D eigenvalue weighted by atomic mass is 9.87. The molecule has 10 N–H and O–H groups in total. The second kappa shape index (κ2) is 21.0. The molecule has 1 saturated heterocycles. The zero-order valence-electron chi connectivity index (χ0n) is 31.2. The summed E-state index contributed by atoms with van der Waals surface area (Å²) in [6.07, 6.45) is -1.68. The monoisotopic (exact) mass is 891 g/mol. The second-order valence-corrected chi connectivity index (χ2v) is 18.5. The molecule has 8 unspecified atom stereocenters. The van der Waals surface area contributed by atoms with E-state index in [1.807, 2.05) is 26.0 Å². The van der Waals surface area contributed by atoms with E-state index < -0.39 is 84.6 Å². The molecular formula is C29H48N7O17P3S. The molecule has 1 aliphatic heterocycles. The molecule has 2 amide bonds. The number of anilines is 1. The van der Waals surface area contributed by atoms with Crippen molar-refractivity contribution in [1.29, 1.82) is 0 Å². The molecule has 8 atom stereocenters. The van der Waals surface area contributed by atoms with Crippen molar-refractivity contribution in [2.75, 3.05) is 37.8 Å². The van der Waals surface area contributed by atoms with Crippen molar-refractivity contribution in [2.24, 2.45) is 11.3 Å². The van der Waals surface area contributed by atoms with Crippen LogP contribution in [0.25, 0.3) is 11.2 Å². The van der Waals surface area contributed by atoms with Gasteiger partial charge in [-0.05, 0) is 13.3 Å². The smallest absolute Gasteiger partial charge is 0.386 e. The number of carbonyl (C=O) groups excluding carboxylic acids is 3. The predicted molar refractivity (Wildman–Crippen MR) is 200 cm³/mol. The fourth-order valence-electron chi connectivity index (χ4n) is 5.22. The van der Waals surface area contributed by atoms with Crippen LogP contribution in [-0.2, 0) is 50.7 Å². The minimum Gasteiger partial charge on any atom is -0.386 e. The minimum absolute atomic E-state index is 0.00105. The predicted octanol–water partition coefficient (Wildman–Crippen LogP) is 0.657. The Bertz CT molecular complexity index is 1880. The molecule has 0 radical (unpaired) electrons. The van der Waals surface area contributed by atoms with Gasteiger partial charge in [0.2, 0.25) is 11.8 Å².